The van der Waals surface area contributed by atoms with Gasteiger partial charge in [0.05, 0.1) is 6.10 Å². The molecule has 1 aromatic rings. The predicted octanol–water partition coefficient (Wildman–Crippen LogP) is 3.58. The van der Waals surface area contributed by atoms with Crippen LogP contribution in [0.25, 0.3) is 0 Å². The first kappa shape index (κ1) is 28.5. The van der Waals surface area contributed by atoms with Crippen molar-refractivity contribution in [3.63, 3.8) is 0 Å². The second-order valence-corrected chi connectivity index (χ2v) is 8.57. The Morgan fingerprint density at radius 2 is 1.72 bits per heavy atom. The molecule has 0 unspecified atom stereocenters. The minimum atomic E-state index is -0.599. The number of amides is 2. The summed E-state index contributed by atoms with van der Waals surface area (Å²) < 4.78 is 5.60. The van der Waals surface area contributed by atoms with E-state index >= 15 is 0 Å². The number of likely N-dealkylation sites (tertiary alicyclic amines) is 1. The molecule has 1 N–H and O–H groups in total. The molecule has 2 aliphatic heterocycles. The summed E-state index contributed by atoms with van der Waals surface area (Å²) in [5.74, 6) is 0.0504. The van der Waals surface area contributed by atoms with Crippen LogP contribution in [-0.2, 0) is 14.3 Å². The number of fused-ring (bicyclic) bond motifs is 1. The van der Waals surface area contributed by atoms with Crippen LogP contribution in [0, 0.1) is 5.92 Å². The van der Waals surface area contributed by atoms with E-state index in [2.05, 4.69) is 5.32 Å². The Morgan fingerprint density at radius 1 is 1.03 bits per heavy atom. The molecule has 2 amide bonds. The van der Waals surface area contributed by atoms with E-state index in [1.54, 1.807) is 17.0 Å². The number of rotatable bonds is 5. The van der Waals surface area contributed by atoms with Crippen molar-refractivity contribution in [2.24, 2.45) is 5.92 Å². The third kappa shape index (κ3) is 6.51. The largest absolute Gasteiger partial charge is 0.368 e. The van der Waals surface area contributed by atoms with Crippen molar-refractivity contribution in [1.29, 1.82) is 0 Å². The normalized spacial score (nSPS) is 23.6. The van der Waals surface area contributed by atoms with Crippen molar-refractivity contribution in [2.75, 3.05) is 13.2 Å². The number of nitrogens with one attached hydrogen (secondary N) is 1. The molecule has 2 heterocycles. The number of carbonyl (C=O) groups is 3. The van der Waals surface area contributed by atoms with E-state index in [9.17, 15) is 14.4 Å². The van der Waals surface area contributed by atoms with E-state index in [1.807, 2.05) is 18.2 Å². The molecule has 1 saturated carbocycles. The van der Waals surface area contributed by atoms with Crippen molar-refractivity contribution in [3.05, 3.63) is 35.9 Å². The number of carbonyl (C=O) groups excluding carboxylic acids is 3. The van der Waals surface area contributed by atoms with Crippen LogP contribution in [0.3, 0.4) is 0 Å². The second-order valence-electron chi connectivity index (χ2n) is 8.57. The molecule has 1 aliphatic carbocycles. The molecular formula is C24H38N2O4S2. The van der Waals surface area contributed by atoms with Gasteiger partial charge in [0, 0.05) is 12.1 Å². The maximum Gasteiger partial charge on any atom is 0.251 e. The standard InChI is InChI=1S/C23H30N2O4.CH4.2H2S/c26-19-15-29-20-12-7-13-25(21(19)20)23(28)18(14-16-8-3-1-4-9-16)24-22(27)17-10-5-2-6-11-17;;;/h2,5-6,10-11,16,18,20-21H,1,3-4,7-9,12-15H2,(H,24,27);1H4;2*1H2/t18-,20-,21-;;;/m0.../s1. The molecule has 4 rings (SSSR count). The zero-order valence-electron chi connectivity index (χ0n) is 17.8. The predicted molar refractivity (Wildman–Crippen MR) is 136 cm³/mol. The van der Waals surface area contributed by atoms with Gasteiger partial charge < -0.3 is 15.0 Å². The fourth-order valence-electron chi connectivity index (χ4n) is 5.05. The Morgan fingerprint density at radius 3 is 2.41 bits per heavy atom. The molecule has 0 aromatic heterocycles. The maximum atomic E-state index is 13.5. The molecular weight excluding hydrogens is 444 g/mol. The smallest absolute Gasteiger partial charge is 0.251 e. The molecule has 1 aromatic carbocycles. The van der Waals surface area contributed by atoms with E-state index in [-0.39, 0.29) is 64.7 Å². The van der Waals surface area contributed by atoms with Crippen LogP contribution >= 0.6 is 27.0 Å². The summed E-state index contributed by atoms with van der Waals surface area (Å²) in [7, 11) is 0. The fourth-order valence-corrected chi connectivity index (χ4v) is 5.05. The van der Waals surface area contributed by atoms with Crippen LogP contribution in [-0.4, -0.2) is 53.8 Å². The van der Waals surface area contributed by atoms with E-state index in [0.717, 1.165) is 25.7 Å². The van der Waals surface area contributed by atoms with E-state index < -0.39 is 12.1 Å². The third-order valence-electron chi connectivity index (χ3n) is 6.56. The topological polar surface area (TPSA) is 75.7 Å². The van der Waals surface area contributed by atoms with Crippen LogP contribution in [0.4, 0.5) is 0 Å². The number of hydrogen-bond donors (Lipinski definition) is 1. The molecule has 32 heavy (non-hydrogen) atoms. The zero-order chi connectivity index (χ0) is 20.2. The highest BCUT2D eigenvalue weighted by atomic mass is 32.1. The second kappa shape index (κ2) is 13.3. The lowest BCUT2D eigenvalue weighted by Gasteiger charge is -2.38. The summed E-state index contributed by atoms with van der Waals surface area (Å²) in [6.07, 6.45) is 7.87. The first-order valence-corrected chi connectivity index (χ1v) is 10.9. The van der Waals surface area contributed by atoms with Crippen LogP contribution in [0.2, 0.25) is 0 Å². The molecule has 3 fully saturated rings. The number of nitrogens with zero attached hydrogens (tertiary/aromatic N) is 1. The first-order valence-electron chi connectivity index (χ1n) is 10.9. The number of ketones is 1. The maximum absolute atomic E-state index is 13.5. The van der Waals surface area contributed by atoms with Crippen LogP contribution in [0.5, 0.6) is 0 Å². The van der Waals surface area contributed by atoms with Crippen molar-refractivity contribution in [2.45, 2.75) is 77.0 Å². The molecule has 6 nitrogen and oxygen atoms in total. The molecule has 2 saturated heterocycles. The van der Waals surface area contributed by atoms with Crippen molar-refractivity contribution >= 4 is 44.6 Å². The van der Waals surface area contributed by atoms with E-state index in [1.165, 1.54) is 19.3 Å². The zero-order valence-corrected chi connectivity index (χ0v) is 19.8. The van der Waals surface area contributed by atoms with Crippen LogP contribution < -0.4 is 5.32 Å². The van der Waals surface area contributed by atoms with Gasteiger partial charge in [-0.05, 0) is 37.3 Å². The van der Waals surface area contributed by atoms with Crippen molar-refractivity contribution < 1.29 is 19.1 Å². The number of Topliss-reactive ketones (excluding diaryl/α,β-unsaturated/α-hetero) is 1. The highest BCUT2D eigenvalue weighted by Crippen LogP contribution is 2.30. The van der Waals surface area contributed by atoms with Crippen LogP contribution in [0.15, 0.2) is 30.3 Å². The Labute approximate surface area is 205 Å². The monoisotopic (exact) mass is 482 g/mol. The van der Waals surface area contributed by atoms with Gasteiger partial charge in [0.25, 0.3) is 5.91 Å². The van der Waals surface area contributed by atoms with E-state index in [4.69, 9.17) is 4.74 Å². The molecule has 3 aliphatic rings. The van der Waals surface area contributed by atoms with Crippen LogP contribution in [0.1, 0.15) is 69.2 Å². The van der Waals surface area contributed by atoms with Gasteiger partial charge in [0.1, 0.15) is 18.7 Å². The van der Waals surface area contributed by atoms with Crippen molar-refractivity contribution in [3.8, 4) is 0 Å². The molecule has 180 valence electrons. The lowest BCUT2D eigenvalue weighted by molar-refractivity contribution is -0.142. The summed E-state index contributed by atoms with van der Waals surface area (Å²) in [5, 5.41) is 2.99. The quantitative estimate of drug-likeness (QED) is 0.696. The SMILES string of the molecule is C.O=C(N[C@@H](CC1CCCCC1)C(=O)N1CCC[C@@H]2OCC(=O)[C@@H]21)c1ccccc1.S.S. The lowest BCUT2D eigenvalue weighted by Crippen LogP contribution is -2.58. The summed E-state index contributed by atoms with van der Waals surface area (Å²) in [5.41, 5.74) is 0.547. The molecule has 0 bridgehead atoms. The van der Waals surface area contributed by atoms with Crippen molar-refractivity contribution in [1.82, 2.24) is 10.2 Å². The number of ether oxygens (including phenoxy) is 1. The number of piperidine rings is 1. The lowest BCUT2D eigenvalue weighted by atomic mass is 9.84. The summed E-state index contributed by atoms with van der Waals surface area (Å²) in [4.78, 5) is 40.4. The Balaban J connectivity index is 0.00000171. The van der Waals surface area contributed by atoms with Gasteiger partial charge in [-0.1, -0.05) is 57.7 Å². The third-order valence-corrected chi connectivity index (χ3v) is 6.56. The highest BCUT2D eigenvalue weighted by molar-refractivity contribution is 7.59. The Hall–Kier alpha value is -1.51. The van der Waals surface area contributed by atoms with Gasteiger partial charge in [0.15, 0.2) is 5.78 Å². The van der Waals surface area contributed by atoms with Gasteiger partial charge in [-0.2, -0.15) is 27.0 Å². The summed E-state index contributed by atoms with van der Waals surface area (Å²) >= 11 is 0. The molecule has 0 radical (unpaired) electrons. The molecule has 0 spiro atoms. The first-order chi connectivity index (χ1) is 14.1. The molecule has 8 heteroatoms. The Bertz CT molecular complexity index is 756. The minimum Gasteiger partial charge on any atom is -0.368 e. The van der Waals surface area contributed by atoms with E-state index in [0.29, 0.717) is 24.4 Å². The average Bonchev–Trinajstić information content (AvgIpc) is 3.15. The number of benzene rings is 1. The summed E-state index contributed by atoms with van der Waals surface area (Å²) in [6.45, 7) is 0.639. The van der Waals surface area contributed by atoms with Gasteiger partial charge >= 0.3 is 0 Å². The minimum absolute atomic E-state index is 0. The average molecular weight is 483 g/mol. The van der Waals surface area contributed by atoms with Gasteiger partial charge in [-0.3, -0.25) is 14.4 Å². The van der Waals surface area contributed by atoms with Gasteiger partial charge in [0.2, 0.25) is 5.91 Å². The van der Waals surface area contributed by atoms with Gasteiger partial charge in [-0.15, -0.1) is 0 Å². The molecule has 3 atom stereocenters. The number of hydrogen-bond acceptors (Lipinski definition) is 4. The van der Waals surface area contributed by atoms with Gasteiger partial charge in [-0.25, -0.2) is 0 Å². The highest BCUT2D eigenvalue weighted by Gasteiger charge is 2.46. The Kier molecular flexibility index (Phi) is 11.8. The summed E-state index contributed by atoms with van der Waals surface area (Å²) in [6, 6.07) is 7.91. The fraction of sp³-hybridized carbons (Fsp3) is 0.625.